The van der Waals surface area contributed by atoms with Crippen molar-refractivity contribution in [1.82, 2.24) is 14.2 Å². The molecule has 1 fully saturated rings. The zero-order valence-electron chi connectivity index (χ0n) is 12.6. The summed E-state index contributed by atoms with van der Waals surface area (Å²) in [5.74, 6) is 0. The molecule has 3 rings (SSSR count). The summed E-state index contributed by atoms with van der Waals surface area (Å²) in [5, 5.41) is 0. The highest BCUT2D eigenvalue weighted by Crippen LogP contribution is 2.25. The van der Waals surface area contributed by atoms with Crippen molar-refractivity contribution < 1.29 is 8.42 Å². The van der Waals surface area contributed by atoms with Crippen molar-refractivity contribution in [2.45, 2.75) is 11.4 Å². The largest absolute Gasteiger partial charge is 0.296 e. The smallest absolute Gasteiger partial charge is 0.244 e. The Morgan fingerprint density at radius 1 is 1.00 bits per heavy atom. The Kier molecular flexibility index (Phi) is 5.11. The fourth-order valence-electron chi connectivity index (χ4n) is 2.67. The second-order valence-corrected chi connectivity index (χ2v) is 8.23. The van der Waals surface area contributed by atoms with E-state index < -0.39 is 10.0 Å². The van der Waals surface area contributed by atoms with Gasteiger partial charge in [-0.3, -0.25) is 9.88 Å². The summed E-state index contributed by atoms with van der Waals surface area (Å²) < 4.78 is 27.7. The van der Waals surface area contributed by atoms with E-state index in [4.69, 9.17) is 0 Å². The van der Waals surface area contributed by atoms with Crippen molar-refractivity contribution in [1.29, 1.82) is 0 Å². The Labute approximate surface area is 145 Å². The number of nitrogens with zero attached hydrogens (tertiary/aromatic N) is 3. The van der Waals surface area contributed by atoms with Crippen LogP contribution in [0.3, 0.4) is 0 Å². The first-order valence-corrected chi connectivity index (χ1v) is 9.66. The van der Waals surface area contributed by atoms with Crippen molar-refractivity contribution in [3.05, 3.63) is 58.8 Å². The maximum absolute atomic E-state index is 12.7. The van der Waals surface area contributed by atoms with Crippen LogP contribution in [0.25, 0.3) is 0 Å². The fourth-order valence-corrected chi connectivity index (χ4v) is 5.05. The molecule has 0 atom stereocenters. The molecule has 0 N–H and O–H groups in total. The van der Waals surface area contributed by atoms with Gasteiger partial charge in [-0.15, -0.1) is 0 Å². The normalized spacial score (nSPS) is 17.3. The minimum absolute atomic E-state index is 0.336. The van der Waals surface area contributed by atoms with Crippen LogP contribution in [0.4, 0.5) is 0 Å². The summed E-state index contributed by atoms with van der Waals surface area (Å²) in [6.45, 7) is 3.30. The van der Waals surface area contributed by atoms with Crippen molar-refractivity contribution in [3.63, 3.8) is 0 Å². The molecule has 7 heteroatoms. The number of pyridine rings is 1. The molecule has 1 aliphatic heterocycles. The Morgan fingerprint density at radius 2 is 1.65 bits per heavy atom. The first-order chi connectivity index (χ1) is 11.1. The molecule has 5 nitrogen and oxygen atoms in total. The average Bonchev–Trinajstić information content (AvgIpc) is 2.56. The highest BCUT2D eigenvalue weighted by molar-refractivity contribution is 9.10. The van der Waals surface area contributed by atoms with E-state index in [2.05, 4.69) is 25.8 Å². The van der Waals surface area contributed by atoms with Crippen LogP contribution in [0, 0.1) is 0 Å². The average molecular weight is 396 g/mol. The van der Waals surface area contributed by atoms with Gasteiger partial charge in [0.1, 0.15) is 0 Å². The molecule has 1 aromatic heterocycles. The summed E-state index contributed by atoms with van der Waals surface area (Å²) in [4.78, 5) is 6.62. The number of sulfonamides is 1. The molecular weight excluding hydrogens is 378 g/mol. The van der Waals surface area contributed by atoms with Crippen LogP contribution in [-0.4, -0.2) is 48.8 Å². The number of hydrogen-bond acceptors (Lipinski definition) is 4. The van der Waals surface area contributed by atoms with Crippen LogP contribution >= 0.6 is 15.9 Å². The molecule has 1 aliphatic rings. The topological polar surface area (TPSA) is 53.5 Å². The number of piperazine rings is 1. The lowest BCUT2D eigenvalue weighted by Gasteiger charge is -2.34. The van der Waals surface area contributed by atoms with Crippen LogP contribution in [0.2, 0.25) is 0 Å². The van der Waals surface area contributed by atoms with E-state index in [0.29, 0.717) is 22.5 Å². The molecule has 0 saturated carbocycles. The van der Waals surface area contributed by atoms with Gasteiger partial charge in [0, 0.05) is 49.6 Å². The third-order valence-electron chi connectivity index (χ3n) is 3.94. The number of rotatable bonds is 4. The van der Waals surface area contributed by atoms with Gasteiger partial charge < -0.3 is 0 Å². The predicted octanol–water partition coefficient (Wildman–Crippen LogP) is 2.35. The summed E-state index contributed by atoms with van der Waals surface area (Å²) in [7, 11) is -3.44. The van der Waals surface area contributed by atoms with Gasteiger partial charge in [0.25, 0.3) is 0 Å². The fraction of sp³-hybridized carbons (Fsp3) is 0.312. The highest BCUT2D eigenvalue weighted by Gasteiger charge is 2.29. The maximum atomic E-state index is 12.7. The zero-order chi connectivity index (χ0) is 16.3. The van der Waals surface area contributed by atoms with Crippen LogP contribution in [0.1, 0.15) is 5.56 Å². The highest BCUT2D eigenvalue weighted by atomic mass is 79.9. The molecule has 1 aromatic carbocycles. The van der Waals surface area contributed by atoms with Gasteiger partial charge in [0.05, 0.1) is 4.90 Å². The minimum atomic E-state index is -3.44. The van der Waals surface area contributed by atoms with Gasteiger partial charge in [-0.25, -0.2) is 8.42 Å². The van der Waals surface area contributed by atoms with E-state index in [1.165, 1.54) is 5.56 Å². The maximum Gasteiger partial charge on any atom is 0.244 e. The Bertz CT molecular complexity index is 760. The van der Waals surface area contributed by atoms with Crippen molar-refractivity contribution in [2.24, 2.45) is 0 Å². The molecule has 0 amide bonds. The van der Waals surface area contributed by atoms with Crippen LogP contribution < -0.4 is 0 Å². The van der Waals surface area contributed by atoms with E-state index >= 15 is 0 Å². The zero-order valence-corrected chi connectivity index (χ0v) is 15.0. The van der Waals surface area contributed by atoms with E-state index in [1.54, 1.807) is 34.9 Å². The van der Waals surface area contributed by atoms with Gasteiger partial charge in [-0.1, -0.05) is 12.1 Å². The van der Waals surface area contributed by atoms with E-state index in [0.717, 1.165) is 19.6 Å². The minimum Gasteiger partial charge on any atom is -0.296 e. The van der Waals surface area contributed by atoms with Crippen molar-refractivity contribution in [3.8, 4) is 0 Å². The molecule has 1 saturated heterocycles. The molecule has 0 unspecified atom stereocenters. The first-order valence-electron chi connectivity index (χ1n) is 7.43. The SMILES string of the molecule is O=S(=O)(c1ccccc1Br)N1CCN(Cc2ccncc2)CC1. The van der Waals surface area contributed by atoms with Crippen molar-refractivity contribution in [2.75, 3.05) is 26.2 Å². The lowest BCUT2D eigenvalue weighted by Crippen LogP contribution is -2.48. The molecule has 0 spiro atoms. The van der Waals surface area contributed by atoms with Gasteiger partial charge >= 0.3 is 0 Å². The van der Waals surface area contributed by atoms with E-state index in [-0.39, 0.29) is 0 Å². The second-order valence-electron chi connectivity index (χ2n) is 5.47. The van der Waals surface area contributed by atoms with E-state index in [1.807, 2.05) is 18.2 Å². The van der Waals surface area contributed by atoms with Gasteiger partial charge in [-0.2, -0.15) is 4.31 Å². The third kappa shape index (κ3) is 3.80. The van der Waals surface area contributed by atoms with Gasteiger partial charge in [0.2, 0.25) is 10.0 Å². The third-order valence-corrected chi connectivity index (χ3v) is 6.85. The Morgan fingerprint density at radius 3 is 2.30 bits per heavy atom. The van der Waals surface area contributed by atoms with Crippen LogP contribution in [-0.2, 0) is 16.6 Å². The van der Waals surface area contributed by atoms with Crippen molar-refractivity contribution >= 4 is 26.0 Å². The molecule has 2 heterocycles. The lowest BCUT2D eigenvalue weighted by atomic mass is 10.2. The number of aromatic nitrogens is 1. The first kappa shape index (κ1) is 16.6. The standard InChI is InChI=1S/C16H18BrN3O2S/c17-15-3-1-2-4-16(15)23(21,22)20-11-9-19(10-12-20)13-14-5-7-18-8-6-14/h1-8H,9-13H2. The number of benzene rings is 1. The van der Waals surface area contributed by atoms with Crippen LogP contribution in [0.15, 0.2) is 58.2 Å². The van der Waals surface area contributed by atoms with Gasteiger partial charge in [0.15, 0.2) is 0 Å². The summed E-state index contributed by atoms with van der Waals surface area (Å²) in [6, 6.07) is 10.9. The molecular formula is C16H18BrN3O2S. The summed E-state index contributed by atoms with van der Waals surface area (Å²) in [5.41, 5.74) is 1.20. The quantitative estimate of drug-likeness (QED) is 0.796. The molecule has 122 valence electrons. The number of hydrogen-bond donors (Lipinski definition) is 0. The van der Waals surface area contributed by atoms with Crippen LogP contribution in [0.5, 0.6) is 0 Å². The van der Waals surface area contributed by atoms with Gasteiger partial charge in [-0.05, 0) is 45.8 Å². The van der Waals surface area contributed by atoms with E-state index in [9.17, 15) is 8.42 Å². The number of halogens is 1. The Balaban J connectivity index is 1.66. The molecule has 0 radical (unpaired) electrons. The second kappa shape index (κ2) is 7.09. The summed E-state index contributed by atoms with van der Waals surface area (Å²) in [6.07, 6.45) is 3.56. The molecule has 0 bridgehead atoms. The monoisotopic (exact) mass is 395 g/mol. The summed E-state index contributed by atoms with van der Waals surface area (Å²) >= 11 is 3.33. The Hall–Kier alpha value is -1.28. The lowest BCUT2D eigenvalue weighted by molar-refractivity contribution is 0.181. The molecule has 0 aliphatic carbocycles. The molecule has 23 heavy (non-hydrogen) atoms. The predicted molar refractivity (Wildman–Crippen MR) is 92.4 cm³/mol. The molecule has 2 aromatic rings.